The molecule has 8 heteroatoms. The Morgan fingerprint density at radius 1 is 1.23 bits per heavy atom. The van der Waals surface area contributed by atoms with Crippen molar-refractivity contribution in [2.24, 2.45) is 5.92 Å². The molecule has 1 aromatic heterocycles. The highest BCUT2D eigenvalue weighted by Gasteiger charge is 2.41. The number of nitrogens with one attached hydrogen (secondary N) is 1. The van der Waals surface area contributed by atoms with Crippen LogP contribution in [0.25, 0.3) is 0 Å². The number of urea groups is 1. The molecule has 5 rings (SSSR count). The SMILES string of the molecule is COc1ccc(NC(=O)N2CCC3(CC2)CC(Cc2noc(C4CC4)n2)CCO3)cc1. The van der Waals surface area contributed by atoms with Crippen LogP contribution in [0, 0.1) is 5.92 Å². The van der Waals surface area contributed by atoms with Crippen LogP contribution in [0.1, 0.15) is 56.2 Å². The van der Waals surface area contributed by atoms with Gasteiger partial charge in [0.25, 0.3) is 0 Å². The first-order chi connectivity index (χ1) is 15.1. The molecule has 1 N–H and O–H groups in total. The molecule has 2 amide bonds. The number of hydrogen-bond donors (Lipinski definition) is 1. The molecule has 1 spiro atoms. The molecular formula is C23H30N4O4. The molecule has 2 aliphatic heterocycles. The van der Waals surface area contributed by atoms with Gasteiger partial charge in [0, 0.05) is 37.7 Å². The van der Waals surface area contributed by atoms with E-state index in [1.165, 1.54) is 12.8 Å². The number of amides is 2. The number of rotatable bonds is 5. The summed E-state index contributed by atoms with van der Waals surface area (Å²) in [5, 5.41) is 7.17. The number of likely N-dealkylation sites (tertiary alicyclic amines) is 1. The summed E-state index contributed by atoms with van der Waals surface area (Å²) in [4.78, 5) is 19.2. The van der Waals surface area contributed by atoms with E-state index in [1.54, 1.807) is 7.11 Å². The van der Waals surface area contributed by atoms with E-state index in [1.807, 2.05) is 29.2 Å². The summed E-state index contributed by atoms with van der Waals surface area (Å²) in [5.41, 5.74) is 0.633. The van der Waals surface area contributed by atoms with Crippen LogP contribution in [0.3, 0.4) is 0 Å². The van der Waals surface area contributed by atoms with Gasteiger partial charge in [-0.3, -0.25) is 0 Å². The Kier molecular flexibility index (Phi) is 5.56. The molecule has 2 saturated heterocycles. The predicted molar refractivity (Wildman–Crippen MR) is 114 cm³/mol. The number of aromatic nitrogens is 2. The van der Waals surface area contributed by atoms with Gasteiger partial charge in [0.15, 0.2) is 5.82 Å². The Hall–Kier alpha value is -2.61. The molecule has 0 radical (unpaired) electrons. The highest BCUT2D eigenvalue weighted by molar-refractivity contribution is 5.89. The molecule has 0 bridgehead atoms. The number of hydrogen-bond acceptors (Lipinski definition) is 6. The number of piperidine rings is 1. The molecule has 31 heavy (non-hydrogen) atoms. The summed E-state index contributed by atoms with van der Waals surface area (Å²) in [6, 6.07) is 7.32. The Bertz CT molecular complexity index is 901. The van der Waals surface area contributed by atoms with E-state index < -0.39 is 0 Å². The topological polar surface area (TPSA) is 89.7 Å². The van der Waals surface area contributed by atoms with Crippen molar-refractivity contribution in [3.63, 3.8) is 0 Å². The van der Waals surface area contributed by atoms with Crippen molar-refractivity contribution in [2.45, 2.75) is 56.5 Å². The predicted octanol–water partition coefficient (Wildman–Crippen LogP) is 3.99. The molecule has 166 valence electrons. The second kappa shape index (κ2) is 8.49. The monoisotopic (exact) mass is 426 g/mol. The average Bonchev–Trinajstić information content (AvgIpc) is 3.54. The van der Waals surface area contributed by atoms with Crippen molar-refractivity contribution in [3.8, 4) is 5.75 Å². The van der Waals surface area contributed by atoms with Crippen LogP contribution in [0.5, 0.6) is 5.75 Å². The maximum absolute atomic E-state index is 12.7. The van der Waals surface area contributed by atoms with E-state index in [4.69, 9.17) is 14.0 Å². The van der Waals surface area contributed by atoms with Gasteiger partial charge in [-0.05, 0) is 68.7 Å². The summed E-state index contributed by atoms with van der Waals surface area (Å²) in [6.07, 6.45) is 6.93. The van der Waals surface area contributed by atoms with Gasteiger partial charge in [-0.1, -0.05) is 5.16 Å². The van der Waals surface area contributed by atoms with Crippen molar-refractivity contribution in [3.05, 3.63) is 36.0 Å². The van der Waals surface area contributed by atoms with Crippen molar-refractivity contribution in [1.82, 2.24) is 15.0 Å². The quantitative estimate of drug-likeness (QED) is 0.778. The second-order valence-electron chi connectivity index (χ2n) is 9.06. The zero-order valence-corrected chi connectivity index (χ0v) is 18.0. The molecule has 1 aromatic carbocycles. The molecule has 3 aliphatic rings. The summed E-state index contributed by atoms with van der Waals surface area (Å²) < 4.78 is 16.8. The molecule has 1 aliphatic carbocycles. The Morgan fingerprint density at radius 3 is 2.71 bits per heavy atom. The minimum Gasteiger partial charge on any atom is -0.497 e. The van der Waals surface area contributed by atoms with Crippen LogP contribution in [0.2, 0.25) is 0 Å². The number of methoxy groups -OCH3 is 1. The van der Waals surface area contributed by atoms with Gasteiger partial charge < -0.3 is 24.2 Å². The second-order valence-corrected chi connectivity index (χ2v) is 9.06. The number of benzene rings is 1. The molecule has 2 aromatic rings. The fraction of sp³-hybridized carbons (Fsp3) is 0.609. The van der Waals surface area contributed by atoms with Crippen molar-refractivity contribution in [2.75, 3.05) is 32.1 Å². The van der Waals surface area contributed by atoms with Gasteiger partial charge in [0.1, 0.15) is 5.75 Å². The fourth-order valence-electron chi connectivity index (χ4n) is 4.75. The average molecular weight is 427 g/mol. The maximum atomic E-state index is 12.7. The van der Waals surface area contributed by atoms with E-state index in [0.29, 0.717) is 24.9 Å². The van der Waals surface area contributed by atoms with E-state index in [-0.39, 0.29) is 11.6 Å². The Morgan fingerprint density at radius 2 is 2.00 bits per heavy atom. The van der Waals surface area contributed by atoms with Gasteiger partial charge in [0.05, 0.1) is 12.7 Å². The summed E-state index contributed by atoms with van der Waals surface area (Å²) in [7, 11) is 1.63. The summed E-state index contributed by atoms with van der Waals surface area (Å²) in [6.45, 7) is 2.15. The van der Waals surface area contributed by atoms with Crippen LogP contribution < -0.4 is 10.1 Å². The largest absolute Gasteiger partial charge is 0.497 e. The van der Waals surface area contributed by atoms with E-state index in [9.17, 15) is 4.79 Å². The zero-order chi connectivity index (χ0) is 21.3. The lowest BCUT2D eigenvalue weighted by molar-refractivity contribution is -0.122. The van der Waals surface area contributed by atoms with E-state index >= 15 is 0 Å². The zero-order valence-electron chi connectivity index (χ0n) is 18.0. The van der Waals surface area contributed by atoms with Crippen LogP contribution in [-0.2, 0) is 11.2 Å². The minimum atomic E-state index is -0.136. The highest BCUT2D eigenvalue weighted by atomic mass is 16.5. The van der Waals surface area contributed by atoms with Crippen LogP contribution >= 0.6 is 0 Å². The van der Waals surface area contributed by atoms with Crippen molar-refractivity contribution < 1.29 is 18.8 Å². The lowest BCUT2D eigenvalue weighted by atomic mass is 9.78. The molecule has 8 nitrogen and oxygen atoms in total. The van der Waals surface area contributed by atoms with Crippen LogP contribution in [0.4, 0.5) is 10.5 Å². The highest BCUT2D eigenvalue weighted by Crippen LogP contribution is 2.40. The molecular weight excluding hydrogens is 396 g/mol. The third-order valence-electron chi connectivity index (χ3n) is 6.78. The minimum absolute atomic E-state index is 0.0632. The lowest BCUT2D eigenvalue weighted by Gasteiger charge is -2.46. The van der Waals surface area contributed by atoms with Gasteiger partial charge in [-0.25, -0.2) is 4.79 Å². The number of anilines is 1. The normalized spacial score (nSPS) is 23.0. The van der Waals surface area contributed by atoms with Gasteiger partial charge in [-0.2, -0.15) is 4.98 Å². The standard InChI is InChI=1S/C23H30N4O4/c1-29-19-6-4-18(5-7-19)24-22(28)27-11-9-23(10-12-27)15-16(8-13-30-23)14-20-25-21(31-26-20)17-2-3-17/h4-7,16-17H,2-3,8-15H2,1H3,(H,24,28). The Labute approximate surface area is 182 Å². The first kappa shape index (κ1) is 20.3. The molecule has 1 atom stereocenters. The molecule has 3 fully saturated rings. The van der Waals surface area contributed by atoms with Crippen molar-refractivity contribution >= 4 is 11.7 Å². The molecule has 1 unspecified atom stereocenters. The van der Waals surface area contributed by atoms with Gasteiger partial charge in [0.2, 0.25) is 5.89 Å². The van der Waals surface area contributed by atoms with Crippen LogP contribution in [0.15, 0.2) is 28.8 Å². The number of carbonyl (C=O) groups is 1. The number of ether oxygens (including phenoxy) is 2. The van der Waals surface area contributed by atoms with Crippen molar-refractivity contribution in [1.29, 1.82) is 0 Å². The third kappa shape index (κ3) is 4.69. The maximum Gasteiger partial charge on any atom is 0.321 e. The summed E-state index contributed by atoms with van der Waals surface area (Å²) in [5.74, 6) is 3.41. The lowest BCUT2D eigenvalue weighted by Crippen LogP contribution is -2.51. The fourth-order valence-corrected chi connectivity index (χ4v) is 4.75. The Balaban J connectivity index is 1.13. The number of nitrogens with zero attached hydrogens (tertiary/aromatic N) is 3. The van der Waals surface area contributed by atoms with Gasteiger partial charge >= 0.3 is 6.03 Å². The summed E-state index contributed by atoms with van der Waals surface area (Å²) >= 11 is 0. The van der Waals surface area contributed by atoms with E-state index in [0.717, 1.165) is 61.9 Å². The smallest absolute Gasteiger partial charge is 0.321 e. The van der Waals surface area contributed by atoms with Crippen LogP contribution in [-0.4, -0.2) is 53.5 Å². The van der Waals surface area contributed by atoms with E-state index in [2.05, 4.69) is 15.5 Å². The third-order valence-corrected chi connectivity index (χ3v) is 6.78. The molecule has 1 saturated carbocycles. The first-order valence-corrected chi connectivity index (χ1v) is 11.3. The number of carbonyl (C=O) groups excluding carboxylic acids is 1. The first-order valence-electron chi connectivity index (χ1n) is 11.3. The molecule has 3 heterocycles. The van der Waals surface area contributed by atoms with Gasteiger partial charge in [-0.15, -0.1) is 0 Å².